The van der Waals surface area contributed by atoms with E-state index < -0.39 is 0 Å². The van der Waals surface area contributed by atoms with E-state index in [2.05, 4.69) is 21.6 Å². The molecule has 0 aliphatic carbocycles. The molecule has 0 spiro atoms. The van der Waals surface area contributed by atoms with Crippen LogP contribution in [0.5, 0.6) is 0 Å². The molecule has 12 heavy (non-hydrogen) atoms. The molecule has 0 unspecified atom stereocenters. The van der Waals surface area contributed by atoms with Crippen molar-refractivity contribution in [2.24, 2.45) is 0 Å². The standard InChI is InChI=1S/C7H11N3OS/c1-2-3-4-6(11)10-7-8-5-9-12-7/h5H,2-4H2,1H3,(H,8,9,10,11). The molecule has 1 aromatic rings. The minimum Gasteiger partial charge on any atom is -0.301 e. The number of carbonyl (C=O) groups is 1. The Morgan fingerprint density at radius 1 is 1.75 bits per heavy atom. The Morgan fingerprint density at radius 2 is 2.58 bits per heavy atom. The first-order chi connectivity index (χ1) is 5.83. The molecule has 0 aliphatic rings. The van der Waals surface area contributed by atoms with E-state index in [0.29, 0.717) is 11.6 Å². The van der Waals surface area contributed by atoms with Gasteiger partial charge in [-0.05, 0) is 6.42 Å². The second-order valence-corrected chi connectivity index (χ2v) is 3.18. The van der Waals surface area contributed by atoms with E-state index in [-0.39, 0.29) is 5.91 Å². The van der Waals surface area contributed by atoms with Gasteiger partial charge in [0.2, 0.25) is 11.0 Å². The Balaban J connectivity index is 2.27. The summed E-state index contributed by atoms with van der Waals surface area (Å²) in [7, 11) is 0. The highest BCUT2D eigenvalue weighted by molar-refractivity contribution is 7.09. The van der Waals surface area contributed by atoms with Gasteiger partial charge in [0, 0.05) is 18.0 Å². The summed E-state index contributed by atoms with van der Waals surface area (Å²) in [5.41, 5.74) is 0. The molecule has 0 radical (unpaired) electrons. The fourth-order valence-electron chi connectivity index (χ4n) is 0.747. The number of hydrogen-bond donors (Lipinski definition) is 1. The quantitative estimate of drug-likeness (QED) is 0.776. The molecule has 1 N–H and O–H groups in total. The maximum absolute atomic E-state index is 11.1. The van der Waals surface area contributed by atoms with Crippen molar-refractivity contribution in [3.63, 3.8) is 0 Å². The number of aromatic nitrogens is 2. The molecule has 0 bridgehead atoms. The van der Waals surface area contributed by atoms with Crippen molar-refractivity contribution in [3.05, 3.63) is 6.33 Å². The zero-order valence-electron chi connectivity index (χ0n) is 6.91. The first-order valence-corrected chi connectivity index (χ1v) is 4.66. The van der Waals surface area contributed by atoms with E-state index in [1.54, 1.807) is 0 Å². The van der Waals surface area contributed by atoms with Crippen molar-refractivity contribution in [3.8, 4) is 0 Å². The predicted molar refractivity (Wildman–Crippen MR) is 48.1 cm³/mol. The Bertz CT molecular complexity index is 235. The van der Waals surface area contributed by atoms with Crippen LogP contribution in [0.1, 0.15) is 26.2 Å². The zero-order valence-corrected chi connectivity index (χ0v) is 7.73. The van der Waals surface area contributed by atoms with Crippen LogP contribution in [-0.4, -0.2) is 15.3 Å². The maximum atomic E-state index is 11.1. The van der Waals surface area contributed by atoms with Crippen LogP contribution in [0.4, 0.5) is 5.13 Å². The van der Waals surface area contributed by atoms with Gasteiger partial charge in [0.15, 0.2) is 0 Å². The van der Waals surface area contributed by atoms with E-state index in [9.17, 15) is 4.79 Å². The first-order valence-electron chi connectivity index (χ1n) is 3.89. The molecule has 1 rings (SSSR count). The summed E-state index contributed by atoms with van der Waals surface area (Å²) >= 11 is 1.19. The number of rotatable bonds is 4. The van der Waals surface area contributed by atoms with E-state index in [1.807, 2.05) is 0 Å². The summed E-state index contributed by atoms with van der Waals surface area (Å²) in [6.07, 6.45) is 3.95. The van der Waals surface area contributed by atoms with Crippen LogP contribution in [0.2, 0.25) is 0 Å². The van der Waals surface area contributed by atoms with Crippen LogP contribution in [0.25, 0.3) is 0 Å². The normalized spacial score (nSPS) is 9.75. The molecule has 5 heteroatoms. The summed E-state index contributed by atoms with van der Waals surface area (Å²) in [4.78, 5) is 14.9. The number of hydrogen-bond acceptors (Lipinski definition) is 4. The minimum atomic E-state index is 0.0219. The van der Waals surface area contributed by atoms with Crippen molar-refractivity contribution in [2.45, 2.75) is 26.2 Å². The summed E-state index contributed by atoms with van der Waals surface area (Å²) in [5.74, 6) is 0.0219. The lowest BCUT2D eigenvalue weighted by atomic mass is 10.2. The highest BCUT2D eigenvalue weighted by Crippen LogP contribution is 2.07. The Labute approximate surface area is 75.2 Å². The van der Waals surface area contributed by atoms with Crippen molar-refractivity contribution < 1.29 is 4.79 Å². The van der Waals surface area contributed by atoms with Crippen LogP contribution in [0, 0.1) is 0 Å². The fraction of sp³-hybridized carbons (Fsp3) is 0.571. The molecule has 1 amide bonds. The molecule has 1 heterocycles. The monoisotopic (exact) mass is 185 g/mol. The SMILES string of the molecule is CCCCC(=O)Nc1ncns1. The lowest BCUT2D eigenvalue weighted by molar-refractivity contribution is -0.116. The molecule has 0 saturated carbocycles. The van der Waals surface area contributed by atoms with E-state index >= 15 is 0 Å². The van der Waals surface area contributed by atoms with Crippen LogP contribution in [0.3, 0.4) is 0 Å². The van der Waals surface area contributed by atoms with Gasteiger partial charge in [0.1, 0.15) is 6.33 Å². The fourth-order valence-corrected chi connectivity index (χ4v) is 1.20. The number of nitrogens with one attached hydrogen (secondary N) is 1. The number of carbonyl (C=O) groups excluding carboxylic acids is 1. The highest BCUT2D eigenvalue weighted by atomic mass is 32.1. The average molecular weight is 185 g/mol. The Kier molecular flexibility index (Phi) is 3.66. The summed E-state index contributed by atoms with van der Waals surface area (Å²) in [6.45, 7) is 2.05. The van der Waals surface area contributed by atoms with E-state index in [1.165, 1.54) is 17.9 Å². The maximum Gasteiger partial charge on any atom is 0.226 e. The Hall–Kier alpha value is -0.970. The smallest absolute Gasteiger partial charge is 0.226 e. The number of nitrogens with zero attached hydrogens (tertiary/aromatic N) is 2. The van der Waals surface area contributed by atoms with Gasteiger partial charge in [0.05, 0.1) is 0 Å². The lowest BCUT2D eigenvalue weighted by Crippen LogP contribution is -2.10. The molecule has 0 saturated heterocycles. The molecular weight excluding hydrogens is 174 g/mol. The molecular formula is C7H11N3OS. The highest BCUT2D eigenvalue weighted by Gasteiger charge is 2.02. The van der Waals surface area contributed by atoms with Crippen LogP contribution in [0.15, 0.2) is 6.33 Å². The second-order valence-electron chi connectivity index (χ2n) is 2.40. The van der Waals surface area contributed by atoms with Crippen LogP contribution >= 0.6 is 11.5 Å². The van der Waals surface area contributed by atoms with Crippen molar-refractivity contribution in [1.29, 1.82) is 0 Å². The zero-order chi connectivity index (χ0) is 8.81. The van der Waals surface area contributed by atoms with Crippen LogP contribution < -0.4 is 5.32 Å². The molecule has 4 nitrogen and oxygen atoms in total. The topological polar surface area (TPSA) is 54.9 Å². The van der Waals surface area contributed by atoms with Gasteiger partial charge in [-0.25, -0.2) is 4.98 Å². The van der Waals surface area contributed by atoms with Crippen molar-refractivity contribution in [2.75, 3.05) is 5.32 Å². The third kappa shape index (κ3) is 2.96. The lowest BCUT2D eigenvalue weighted by Gasteiger charge is -1.97. The molecule has 66 valence electrons. The molecule has 0 aliphatic heterocycles. The summed E-state index contributed by atoms with van der Waals surface area (Å²) < 4.78 is 3.77. The van der Waals surface area contributed by atoms with Gasteiger partial charge in [-0.1, -0.05) is 13.3 Å². The van der Waals surface area contributed by atoms with E-state index in [0.717, 1.165) is 12.8 Å². The third-order valence-corrected chi connectivity index (χ3v) is 1.95. The van der Waals surface area contributed by atoms with Gasteiger partial charge in [0.25, 0.3) is 0 Å². The van der Waals surface area contributed by atoms with Crippen molar-refractivity contribution >= 4 is 22.6 Å². The number of amides is 1. The minimum absolute atomic E-state index is 0.0219. The molecule has 0 atom stereocenters. The summed E-state index contributed by atoms with van der Waals surface area (Å²) in [6, 6.07) is 0. The predicted octanol–water partition coefficient (Wildman–Crippen LogP) is 1.67. The van der Waals surface area contributed by atoms with Gasteiger partial charge in [-0.2, -0.15) is 4.37 Å². The van der Waals surface area contributed by atoms with Gasteiger partial charge in [-0.15, -0.1) is 0 Å². The largest absolute Gasteiger partial charge is 0.301 e. The number of unbranched alkanes of at least 4 members (excludes halogenated alkanes) is 1. The van der Waals surface area contributed by atoms with Gasteiger partial charge in [-0.3, -0.25) is 4.79 Å². The third-order valence-electron chi connectivity index (χ3n) is 1.37. The first kappa shape index (κ1) is 9.12. The summed E-state index contributed by atoms with van der Waals surface area (Å²) in [5, 5.41) is 3.24. The Morgan fingerprint density at radius 3 is 3.17 bits per heavy atom. The van der Waals surface area contributed by atoms with Gasteiger partial charge < -0.3 is 5.32 Å². The molecule has 1 aromatic heterocycles. The average Bonchev–Trinajstić information content (AvgIpc) is 2.53. The molecule has 0 aromatic carbocycles. The number of anilines is 1. The van der Waals surface area contributed by atoms with Crippen molar-refractivity contribution in [1.82, 2.24) is 9.36 Å². The molecule has 0 fully saturated rings. The van der Waals surface area contributed by atoms with Gasteiger partial charge >= 0.3 is 0 Å². The second kappa shape index (κ2) is 4.82. The van der Waals surface area contributed by atoms with Crippen LogP contribution in [-0.2, 0) is 4.79 Å². The van der Waals surface area contributed by atoms with E-state index in [4.69, 9.17) is 0 Å².